The van der Waals surface area contributed by atoms with E-state index in [4.69, 9.17) is 0 Å². The molecule has 2 rings (SSSR count). The van der Waals surface area contributed by atoms with Gasteiger partial charge in [0.25, 0.3) is 5.69 Å². The van der Waals surface area contributed by atoms with E-state index in [1.165, 1.54) is 12.1 Å². The molecule has 26 heavy (non-hydrogen) atoms. The number of carbonyl (C=O) groups is 1. The summed E-state index contributed by atoms with van der Waals surface area (Å²) in [5.74, 6) is -0.413. The first-order chi connectivity index (χ1) is 12.4. The summed E-state index contributed by atoms with van der Waals surface area (Å²) in [5.41, 5.74) is 1.84. The zero-order valence-corrected chi connectivity index (χ0v) is 15.0. The lowest BCUT2D eigenvalue weighted by Gasteiger charge is -2.29. The number of nitrogens with zero attached hydrogens (tertiary/aromatic N) is 2. The summed E-state index contributed by atoms with van der Waals surface area (Å²) >= 11 is 0. The fourth-order valence-electron chi connectivity index (χ4n) is 2.87. The van der Waals surface area contributed by atoms with E-state index in [9.17, 15) is 14.9 Å². The van der Waals surface area contributed by atoms with Crippen LogP contribution in [0.5, 0.6) is 0 Å². The van der Waals surface area contributed by atoms with Gasteiger partial charge in [-0.05, 0) is 25.2 Å². The first kappa shape index (κ1) is 19.3. The van der Waals surface area contributed by atoms with Crippen LogP contribution in [0.4, 0.5) is 5.69 Å². The van der Waals surface area contributed by atoms with E-state index in [-0.39, 0.29) is 17.5 Å². The molecule has 0 spiro atoms. The Morgan fingerprint density at radius 1 is 1.19 bits per heavy atom. The van der Waals surface area contributed by atoms with Crippen LogP contribution >= 0.6 is 0 Å². The van der Waals surface area contributed by atoms with E-state index in [2.05, 4.69) is 11.9 Å². The molecule has 0 aliphatic carbocycles. The summed E-state index contributed by atoms with van der Waals surface area (Å²) in [6.07, 6.45) is 1.70. The van der Waals surface area contributed by atoms with Crippen molar-refractivity contribution in [2.45, 2.75) is 18.5 Å². The normalized spacial score (nSPS) is 13.0. The third-order valence-electron chi connectivity index (χ3n) is 4.22. The predicted molar refractivity (Wildman–Crippen MR) is 102 cm³/mol. The molecule has 0 aliphatic heterocycles. The molecule has 0 aliphatic rings. The lowest BCUT2D eigenvalue weighted by Crippen LogP contribution is -2.46. The highest BCUT2D eigenvalue weighted by Gasteiger charge is 2.29. The number of amides is 1. The number of nitrogens with one attached hydrogen (secondary N) is 1. The second-order valence-corrected chi connectivity index (χ2v) is 6.22. The minimum Gasteiger partial charge on any atom is -0.351 e. The Balaban J connectivity index is 2.18. The minimum atomic E-state index is -0.474. The van der Waals surface area contributed by atoms with Crippen LogP contribution in [0.15, 0.2) is 67.3 Å². The van der Waals surface area contributed by atoms with Crippen LogP contribution < -0.4 is 5.32 Å². The molecule has 2 aromatic carbocycles. The molecule has 1 N–H and O–H groups in total. The van der Waals surface area contributed by atoms with Gasteiger partial charge >= 0.3 is 0 Å². The van der Waals surface area contributed by atoms with Crippen LogP contribution in [0.2, 0.25) is 0 Å². The fraction of sp³-hybridized carbons (Fsp3) is 0.250. The Morgan fingerprint density at radius 2 is 1.81 bits per heavy atom. The number of nitro groups is 1. The third-order valence-corrected chi connectivity index (χ3v) is 4.22. The number of carbonyl (C=O) groups excluding carboxylic acids is 1. The molecule has 0 unspecified atom stereocenters. The van der Waals surface area contributed by atoms with Crippen LogP contribution in [-0.4, -0.2) is 35.9 Å². The van der Waals surface area contributed by atoms with Gasteiger partial charge in [-0.3, -0.25) is 19.8 Å². The summed E-state index contributed by atoms with van der Waals surface area (Å²) in [6.45, 7) is 4.30. The standard InChI is InChI=1S/C20H23N3O3/c1-4-18(16-10-12-17(13-11-16)23(25)26)19(22(2)3)20(24)21-14-15-8-6-5-7-9-15/h4-13,18-19H,1,14H2,2-3H3,(H,21,24)/t18-,19+/m1/s1. The zero-order chi connectivity index (χ0) is 19.1. The van der Waals surface area contributed by atoms with Gasteiger partial charge in [-0.1, -0.05) is 48.5 Å². The van der Waals surface area contributed by atoms with Crippen molar-refractivity contribution >= 4 is 11.6 Å². The number of hydrogen-bond acceptors (Lipinski definition) is 4. The first-order valence-electron chi connectivity index (χ1n) is 8.29. The van der Waals surface area contributed by atoms with Crippen molar-refractivity contribution in [1.29, 1.82) is 0 Å². The molecule has 6 heteroatoms. The molecule has 136 valence electrons. The van der Waals surface area contributed by atoms with Crippen molar-refractivity contribution in [3.63, 3.8) is 0 Å². The van der Waals surface area contributed by atoms with Gasteiger partial charge in [-0.15, -0.1) is 6.58 Å². The van der Waals surface area contributed by atoms with Gasteiger partial charge in [-0.25, -0.2) is 0 Å². The smallest absolute Gasteiger partial charge is 0.269 e. The molecule has 0 saturated heterocycles. The average molecular weight is 353 g/mol. The van der Waals surface area contributed by atoms with Gasteiger partial charge in [0.05, 0.1) is 11.0 Å². The highest BCUT2D eigenvalue weighted by molar-refractivity contribution is 5.83. The summed E-state index contributed by atoms with van der Waals surface area (Å²) < 4.78 is 0. The zero-order valence-electron chi connectivity index (χ0n) is 15.0. The number of rotatable bonds is 8. The first-order valence-corrected chi connectivity index (χ1v) is 8.29. The summed E-state index contributed by atoms with van der Waals surface area (Å²) in [5, 5.41) is 13.8. The van der Waals surface area contributed by atoms with E-state index in [0.29, 0.717) is 6.54 Å². The average Bonchev–Trinajstić information content (AvgIpc) is 2.64. The van der Waals surface area contributed by atoms with Crippen LogP contribution in [-0.2, 0) is 11.3 Å². The van der Waals surface area contributed by atoms with Crippen molar-refractivity contribution < 1.29 is 9.72 Å². The van der Waals surface area contributed by atoms with Gasteiger partial charge in [0.1, 0.15) is 0 Å². The SMILES string of the molecule is C=C[C@H](c1ccc([N+](=O)[O-])cc1)[C@@H](C(=O)NCc1ccccc1)N(C)C. The monoisotopic (exact) mass is 353 g/mol. The van der Waals surface area contributed by atoms with Crippen molar-refractivity contribution in [3.8, 4) is 0 Å². The Labute approximate surface area is 153 Å². The van der Waals surface area contributed by atoms with Crippen molar-refractivity contribution in [2.24, 2.45) is 0 Å². The molecule has 0 radical (unpaired) electrons. The van der Waals surface area contributed by atoms with Gasteiger partial charge in [0, 0.05) is 24.6 Å². The summed E-state index contributed by atoms with van der Waals surface area (Å²) in [4.78, 5) is 25.0. The lowest BCUT2D eigenvalue weighted by atomic mass is 9.90. The molecule has 0 aromatic heterocycles. The number of non-ortho nitro benzene ring substituents is 1. The number of hydrogen-bond donors (Lipinski definition) is 1. The molecule has 0 heterocycles. The van der Waals surface area contributed by atoms with E-state index >= 15 is 0 Å². The van der Waals surface area contributed by atoms with E-state index < -0.39 is 11.0 Å². The van der Waals surface area contributed by atoms with Gasteiger partial charge in [0.2, 0.25) is 5.91 Å². The Morgan fingerprint density at radius 3 is 2.31 bits per heavy atom. The highest BCUT2D eigenvalue weighted by Crippen LogP contribution is 2.26. The van der Waals surface area contributed by atoms with Crippen LogP contribution in [0, 0.1) is 10.1 Å². The number of likely N-dealkylation sites (N-methyl/N-ethyl adjacent to an activating group) is 1. The molecule has 0 bridgehead atoms. The second kappa shape index (κ2) is 8.92. The van der Waals surface area contributed by atoms with Gasteiger partial charge in [0.15, 0.2) is 0 Å². The molecular weight excluding hydrogens is 330 g/mol. The number of benzene rings is 2. The lowest BCUT2D eigenvalue weighted by molar-refractivity contribution is -0.384. The maximum atomic E-state index is 12.8. The molecular formula is C20H23N3O3. The number of nitro benzene ring substituents is 1. The second-order valence-electron chi connectivity index (χ2n) is 6.22. The Hall–Kier alpha value is -2.99. The molecule has 1 amide bonds. The van der Waals surface area contributed by atoms with Gasteiger partial charge < -0.3 is 5.32 Å². The van der Waals surface area contributed by atoms with Crippen molar-refractivity contribution in [3.05, 3.63) is 88.5 Å². The summed E-state index contributed by atoms with van der Waals surface area (Å²) in [7, 11) is 3.66. The molecule has 6 nitrogen and oxygen atoms in total. The largest absolute Gasteiger partial charge is 0.351 e. The molecule has 0 saturated carbocycles. The van der Waals surface area contributed by atoms with Crippen LogP contribution in [0.3, 0.4) is 0 Å². The quantitative estimate of drug-likeness (QED) is 0.449. The van der Waals surface area contributed by atoms with Crippen LogP contribution in [0.25, 0.3) is 0 Å². The third kappa shape index (κ3) is 4.77. The Bertz CT molecular complexity index is 758. The minimum absolute atomic E-state index is 0.0199. The van der Waals surface area contributed by atoms with Crippen LogP contribution in [0.1, 0.15) is 17.0 Å². The molecule has 2 atom stereocenters. The topological polar surface area (TPSA) is 75.5 Å². The van der Waals surface area contributed by atoms with E-state index in [1.807, 2.05) is 49.3 Å². The maximum Gasteiger partial charge on any atom is 0.269 e. The van der Waals surface area contributed by atoms with Crippen molar-refractivity contribution in [1.82, 2.24) is 10.2 Å². The Kier molecular flexibility index (Phi) is 6.63. The summed E-state index contributed by atoms with van der Waals surface area (Å²) in [6, 6.07) is 15.4. The fourth-order valence-corrected chi connectivity index (χ4v) is 2.87. The van der Waals surface area contributed by atoms with Gasteiger partial charge in [-0.2, -0.15) is 0 Å². The maximum absolute atomic E-state index is 12.8. The molecule has 0 fully saturated rings. The van der Waals surface area contributed by atoms with E-state index in [1.54, 1.807) is 18.2 Å². The molecule has 2 aromatic rings. The van der Waals surface area contributed by atoms with Crippen molar-refractivity contribution in [2.75, 3.05) is 14.1 Å². The predicted octanol–water partition coefficient (Wildman–Crippen LogP) is 3.11. The highest BCUT2D eigenvalue weighted by atomic mass is 16.6. The van der Waals surface area contributed by atoms with E-state index in [0.717, 1.165) is 11.1 Å².